The molecule has 1 aromatic carbocycles. The number of dihydropyridines is 1. The predicted octanol–water partition coefficient (Wildman–Crippen LogP) is 4.18. The maximum absolute atomic E-state index is 12.5. The van der Waals surface area contributed by atoms with E-state index in [0.717, 1.165) is 28.7 Å². The Hall–Kier alpha value is -3.02. The number of anilines is 2. The molecule has 0 radical (unpaired) electrons. The van der Waals surface area contributed by atoms with Crippen molar-refractivity contribution in [3.05, 3.63) is 60.1 Å². The van der Waals surface area contributed by atoms with E-state index in [2.05, 4.69) is 16.0 Å². The Kier molecular flexibility index (Phi) is 4.62. The third-order valence-corrected chi connectivity index (χ3v) is 6.64. The number of nitrogens with zero attached hydrogens (tertiary/aromatic N) is 1. The van der Waals surface area contributed by atoms with Crippen LogP contribution in [0.5, 0.6) is 0 Å². The topological polar surface area (TPSA) is 73.5 Å². The Balaban J connectivity index is 1.13. The van der Waals surface area contributed by atoms with Crippen LogP contribution in [0, 0.1) is 17.8 Å². The zero-order chi connectivity index (χ0) is 19.8. The van der Waals surface area contributed by atoms with Gasteiger partial charge in [0.1, 0.15) is 0 Å². The number of carbonyl (C=O) groups is 2. The van der Waals surface area contributed by atoms with E-state index in [0.29, 0.717) is 24.6 Å². The molecule has 1 aromatic rings. The number of carbonyl (C=O) groups excluding carboxylic acids is 2. The van der Waals surface area contributed by atoms with E-state index < -0.39 is 0 Å². The maximum Gasteiger partial charge on any atom is 0.326 e. The van der Waals surface area contributed by atoms with E-state index in [1.165, 1.54) is 25.7 Å². The highest BCUT2D eigenvalue weighted by Crippen LogP contribution is 2.49. The molecule has 3 N–H and O–H groups in total. The monoisotopic (exact) mass is 390 g/mol. The van der Waals surface area contributed by atoms with Crippen LogP contribution in [0.4, 0.5) is 16.2 Å². The molecule has 3 amide bonds. The van der Waals surface area contributed by atoms with Crippen molar-refractivity contribution >= 4 is 23.3 Å². The summed E-state index contributed by atoms with van der Waals surface area (Å²) in [6.45, 7) is 0.551. The molecule has 5 rings (SSSR count). The molecule has 6 nitrogen and oxygen atoms in total. The van der Waals surface area contributed by atoms with Crippen molar-refractivity contribution in [1.29, 1.82) is 0 Å². The van der Waals surface area contributed by atoms with E-state index >= 15 is 0 Å². The maximum atomic E-state index is 12.5. The van der Waals surface area contributed by atoms with Gasteiger partial charge in [-0.25, -0.2) is 4.79 Å². The van der Waals surface area contributed by atoms with Crippen molar-refractivity contribution in [2.24, 2.45) is 17.8 Å². The van der Waals surface area contributed by atoms with E-state index in [1.54, 1.807) is 4.90 Å². The average molecular weight is 390 g/mol. The minimum atomic E-state index is -0.172. The molecule has 0 aromatic heterocycles. The highest BCUT2D eigenvalue weighted by Gasteiger charge is 2.40. The number of hydrogen-bond donors (Lipinski definition) is 3. The lowest BCUT2D eigenvalue weighted by molar-refractivity contribution is -0.117. The smallest absolute Gasteiger partial charge is 0.326 e. The van der Waals surface area contributed by atoms with E-state index in [-0.39, 0.29) is 11.9 Å². The summed E-state index contributed by atoms with van der Waals surface area (Å²) in [6.07, 6.45) is 13.4. The van der Waals surface area contributed by atoms with Gasteiger partial charge in [0.05, 0.1) is 6.54 Å². The van der Waals surface area contributed by atoms with Gasteiger partial charge in [-0.15, -0.1) is 0 Å². The quantitative estimate of drug-likeness (QED) is 0.722. The van der Waals surface area contributed by atoms with Gasteiger partial charge in [-0.1, -0.05) is 6.42 Å². The molecule has 2 aliphatic carbocycles. The Morgan fingerprint density at radius 3 is 2.55 bits per heavy atom. The summed E-state index contributed by atoms with van der Waals surface area (Å²) < 4.78 is 0. The lowest BCUT2D eigenvalue weighted by Crippen LogP contribution is -2.29. The first-order chi connectivity index (χ1) is 14.1. The van der Waals surface area contributed by atoms with Crippen molar-refractivity contribution in [3.8, 4) is 0 Å². The first kappa shape index (κ1) is 18.0. The van der Waals surface area contributed by atoms with Crippen molar-refractivity contribution in [2.75, 3.05) is 17.2 Å². The van der Waals surface area contributed by atoms with Gasteiger partial charge in [0, 0.05) is 36.4 Å². The Morgan fingerprint density at radius 1 is 1.07 bits per heavy atom. The fourth-order valence-electron chi connectivity index (χ4n) is 5.18. The lowest BCUT2D eigenvalue weighted by atomic mass is 9.86. The van der Waals surface area contributed by atoms with Crippen LogP contribution in [-0.2, 0) is 4.79 Å². The number of urea groups is 1. The minimum Gasteiger partial charge on any atom is -0.367 e. The summed E-state index contributed by atoms with van der Waals surface area (Å²) in [4.78, 5) is 26.6. The molecule has 2 bridgehead atoms. The van der Waals surface area contributed by atoms with Crippen LogP contribution in [-0.4, -0.2) is 23.4 Å². The van der Waals surface area contributed by atoms with Crippen LogP contribution in [0.2, 0.25) is 0 Å². The average Bonchev–Trinajstić information content (AvgIpc) is 3.44. The number of allylic oxidation sites excluding steroid dienone is 1. The minimum absolute atomic E-state index is 0.0978. The van der Waals surface area contributed by atoms with Crippen LogP contribution in [0.25, 0.3) is 0 Å². The molecule has 0 spiro atoms. The fraction of sp³-hybridized carbons (Fsp3) is 0.391. The normalized spacial score (nSPS) is 26.5. The molecular formula is C23H26N4O2. The molecular weight excluding hydrogens is 364 g/mol. The first-order valence-electron chi connectivity index (χ1n) is 10.5. The lowest BCUT2D eigenvalue weighted by Gasteiger charge is -2.21. The van der Waals surface area contributed by atoms with Gasteiger partial charge in [0.2, 0.25) is 5.91 Å². The Bertz CT molecular complexity index is 915. The van der Waals surface area contributed by atoms with Gasteiger partial charge < -0.3 is 16.0 Å². The molecule has 2 aliphatic heterocycles. The summed E-state index contributed by atoms with van der Waals surface area (Å²) in [5, 5.41) is 8.95. The standard InChI is InChI=1S/C23H26N4O2/c28-22(11-18-10-15-1-2-16(18)9-15)25-20-3-5-21(6-4-20)26-23(29)27-13-17-7-8-24-12-19(17)14-27/h3-8,12-13,15-16,18,24H,1-2,9-11,14H2,(H,25,28)(H,26,29). The second kappa shape index (κ2) is 7.43. The summed E-state index contributed by atoms with van der Waals surface area (Å²) in [7, 11) is 0. The molecule has 2 heterocycles. The molecule has 29 heavy (non-hydrogen) atoms. The first-order valence-corrected chi connectivity index (χ1v) is 10.5. The second-order valence-corrected chi connectivity index (χ2v) is 8.58. The van der Waals surface area contributed by atoms with E-state index in [9.17, 15) is 9.59 Å². The van der Waals surface area contributed by atoms with Crippen LogP contribution in [0.15, 0.2) is 60.1 Å². The number of rotatable bonds is 4. The number of fused-ring (bicyclic) bond motifs is 3. The van der Waals surface area contributed by atoms with Gasteiger partial charge in [0.25, 0.3) is 0 Å². The number of nitrogens with one attached hydrogen (secondary N) is 3. The molecule has 2 saturated carbocycles. The molecule has 3 atom stereocenters. The van der Waals surface area contributed by atoms with Crippen molar-refractivity contribution in [1.82, 2.24) is 10.2 Å². The third kappa shape index (κ3) is 3.79. The zero-order valence-corrected chi connectivity index (χ0v) is 16.4. The van der Waals surface area contributed by atoms with Gasteiger partial charge in [-0.05, 0) is 78.5 Å². The Labute approximate surface area is 170 Å². The summed E-state index contributed by atoms with van der Waals surface area (Å²) >= 11 is 0. The molecule has 6 heteroatoms. The van der Waals surface area contributed by atoms with Crippen molar-refractivity contribution in [2.45, 2.75) is 32.1 Å². The van der Waals surface area contributed by atoms with Gasteiger partial charge in [0.15, 0.2) is 0 Å². The van der Waals surface area contributed by atoms with Crippen LogP contribution >= 0.6 is 0 Å². The second-order valence-electron chi connectivity index (χ2n) is 8.58. The highest BCUT2D eigenvalue weighted by molar-refractivity contribution is 5.93. The number of hydrogen-bond acceptors (Lipinski definition) is 3. The SMILES string of the molecule is O=C(CC1CC2CCC1C2)Nc1ccc(NC(=O)N2C=C3C=CNC=C3C2)cc1. The van der Waals surface area contributed by atoms with Gasteiger partial charge in [-0.3, -0.25) is 9.69 Å². The van der Waals surface area contributed by atoms with Crippen LogP contribution < -0.4 is 16.0 Å². The highest BCUT2D eigenvalue weighted by atomic mass is 16.2. The zero-order valence-electron chi connectivity index (χ0n) is 16.4. The summed E-state index contributed by atoms with van der Waals surface area (Å²) in [6, 6.07) is 7.15. The number of amides is 3. The molecule has 4 aliphatic rings. The molecule has 3 unspecified atom stereocenters. The van der Waals surface area contributed by atoms with E-state index in [4.69, 9.17) is 0 Å². The fourth-order valence-corrected chi connectivity index (χ4v) is 5.18. The molecule has 0 saturated heterocycles. The molecule has 2 fully saturated rings. The van der Waals surface area contributed by atoms with Gasteiger partial charge in [-0.2, -0.15) is 0 Å². The number of benzene rings is 1. The summed E-state index contributed by atoms with van der Waals surface area (Å²) in [5.41, 5.74) is 3.62. The summed E-state index contributed by atoms with van der Waals surface area (Å²) in [5.74, 6) is 2.28. The van der Waals surface area contributed by atoms with Crippen molar-refractivity contribution < 1.29 is 9.59 Å². The largest absolute Gasteiger partial charge is 0.367 e. The Morgan fingerprint density at radius 2 is 1.86 bits per heavy atom. The molecule has 150 valence electrons. The van der Waals surface area contributed by atoms with Crippen LogP contribution in [0.3, 0.4) is 0 Å². The van der Waals surface area contributed by atoms with Gasteiger partial charge >= 0.3 is 6.03 Å². The van der Waals surface area contributed by atoms with Crippen molar-refractivity contribution in [3.63, 3.8) is 0 Å². The van der Waals surface area contributed by atoms with E-state index in [1.807, 2.05) is 48.9 Å². The predicted molar refractivity (Wildman–Crippen MR) is 113 cm³/mol. The third-order valence-electron chi connectivity index (χ3n) is 6.64. The van der Waals surface area contributed by atoms with Crippen LogP contribution in [0.1, 0.15) is 32.1 Å².